The van der Waals surface area contributed by atoms with Crippen molar-refractivity contribution in [3.63, 3.8) is 0 Å². The molecule has 0 aliphatic heterocycles. The van der Waals surface area contributed by atoms with Crippen LogP contribution in [0.15, 0.2) is 0 Å². The molecule has 9 heavy (non-hydrogen) atoms. The summed E-state index contributed by atoms with van der Waals surface area (Å²) in [6.07, 6.45) is 0. The van der Waals surface area contributed by atoms with Crippen LogP contribution in [0, 0.1) is 0 Å². The minimum atomic E-state index is -4.61. The van der Waals surface area contributed by atoms with Gasteiger partial charge in [-0.1, -0.05) is 0 Å². The molecule has 0 aliphatic rings. The van der Waals surface area contributed by atoms with Crippen LogP contribution in [-0.4, -0.2) is 121 Å². The van der Waals surface area contributed by atoms with E-state index in [4.69, 9.17) is 19.2 Å². The van der Waals surface area contributed by atoms with E-state index in [1.807, 2.05) is 0 Å². The van der Waals surface area contributed by atoms with Gasteiger partial charge < -0.3 is 19.2 Å². The zero-order valence-electron chi connectivity index (χ0n) is 2.29. The third kappa shape index (κ3) is 102. The summed E-state index contributed by atoms with van der Waals surface area (Å²) < 4.78 is 0. The van der Waals surface area contributed by atoms with E-state index in [0.717, 1.165) is 0 Å². The average molecular weight is 206 g/mol. The molecule has 4 N–H and O–H groups in total. The van der Waals surface area contributed by atoms with Crippen LogP contribution in [0.3, 0.4) is 0 Å². The maximum absolute atomic E-state index is 7.33. The predicted molar refractivity (Wildman–Crippen MR) is 50.2 cm³/mol. The summed E-state index contributed by atoms with van der Waals surface area (Å²) >= 11 is 0. The molecule has 0 aromatic rings. The Kier molecular flexibility index (Phi) is 44.5. The summed E-state index contributed by atoms with van der Waals surface area (Å²) in [6, 6.07) is 0. The van der Waals surface area contributed by atoms with Gasteiger partial charge in [0.15, 0.2) is 17.4 Å². The Labute approximate surface area is 119 Å². The second kappa shape index (κ2) is 13.5. The number of hydrogen-bond donors (Lipinski definition) is 4. The number of hydrogen-bond acceptors (Lipinski definition) is 4. The fourth-order valence-corrected chi connectivity index (χ4v) is 0. The average Bonchev–Trinajstić information content (AvgIpc) is 0.722. The molecular formula is H13AlBCaNaO4Si. The molecule has 0 aromatic carbocycles. The van der Waals surface area contributed by atoms with Gasteiger partial charge in [-0.05, 0) is 0 Å². The molecule has 0 heterocycles. The summed E-state index contributed by atoms with van der Waals surface area (Å²) in [5.74, 6) is 0. The Bertz CT molecular complexity index is 36.0. The van der Waals surface area contributed by atoms with Crippen molar-refractivity contribution in [3.8, 4) is 0 Å². The van der Waals surface area contributed by atoms with E-state index in [2.05, 4.69) is 0 Å². The molecule has 0 unspecified atom stereocenters. The van der Waals surface area contributed by atoms with Crippen molar-refractivity contribution in [2.45, 2.75) is 0 Å². The molecule has 0 bridgehead atoms. The Morgan fingerprint density at radius 3 is 0.889 bits per heavy atom. The molecule has 0 atom stereocenters. The zero-order valence-corrected chi connectivity index (χ0v) is 3.29. The van der Waals surface area contributed by atoms with E-state index >= 15 is 0 Å². The SMILES string of the molecule is B.O[Si](O)(O)O.[AlH3].[CaH2].[NaH]. The fraction of sp³-hybridized carbons (Fsp3) is 0. The Morgan fingerprint density at radius 1 is 0.889 bits per heavy atom. The van der Waals surface area contributed by atoms with Crippen molar-refractivity contribution in [2.24, 2.45) is 0 Å². The monoisotopic (exact) mass is 206 g/mol. The van der Waals surface area contributed by atoms with Crippen molar-refractivity contribution in [1.29, 1.82) is 0 Å². The van der Waals surface area contributed by atoms with Crippen molar-refractivity contribution in [1.82, 2.24) is 0 Å². The number of rotatable bonds is 0. The van der Waals surface area contributed by atoms with E-state index in [9.17, 15) is 0 Å². The summed E-state index contributed by atoms with van der Waals surface area (Å²) in [6.45, 7) is 0. The van der Waals surface area contributed by atoms with Crippen LogP contribution in [0.25, 0.3) is 0 Å². The van der Waals surface area contributed by atoms with E-state index in [0.29, 0.717) is 0 Å². The van der Waals surface area contributed by atoms with Gasteiger partial charge in [0.25, 0.3) is 0 Å². The normalized spacial score (nSPS) is 6.67. The van der Waals surface area contributed by atoms with Crippen LogP contribution in [0.2, 0.25) is 0 Å². The van der Waals surface area contributed by atoms with Crippen LogP contribution in [0.5, 0.6) is 0 Å². The second-order valence-corrected chi connectivity index (χ2v) is 1.80. The molecular weight excluding hydrogens is 193 g/mol. The molecule has 0 saturated heterocycles. The van der Waals surface area contributed by atoms with E-state index in [-0.39, 0.29) is 93.1 Å². The maximum atomic E-state index is 7.33. The summed E-state index contributed by atoms with van der Waals surface area (Å²) in [5, 5.41) is 0. The first-order valence-electron chi connectivity index (χ1n) is 0.894. The summed E-state index contributed by atoms with van der Waals surface area (Å²) in [5.41, 5.74) is 0. The second-order valence-electron chi connectivity index (χ2n) is 0.600. The summed E-state index contributed by atoms with van der Waals surface area (Å²) in [4.78, 5) is 29.3. The molecule has 0 fully saturated rings. The van der Waals surface area contributed by atoms with Gasteiger partial charge in [-0.3, -0.25) is 0 Å². The molecule has 4 nitrogen and oxygen atoms in total. The van der Waals surface area contributed by atoms with Crippen molar-refractivity contribution in [2.75, 3.05) is 0 Å². The van der Waals surface area contributed by atoms with Crippen LogP contribution < -0.4 is 0 Å². The van der Waals surface area contributed by atoms with Gasteiger partial charge in [-0.25, -0.2) is 0 Å². The van der Waals surface area contributed by atoms with Crippen molar-refractivity contribution >= 4 is 102 Å². The van der Waals surface area contributed by atoms with E-state index in [1.165, 1.54) is 0 Å². The minimum absolute atomic E-state index is 0. The summed E-state index contributed by atoms with van der Waals surface area (Å²) in [7, 11) is -4.61. The molecule has 0 radical (unpaired) electrons. The molecule has 0 rings (SSSR count). The molecule has 0 aliphatic carbocycles. The van der Waals surface area contributed by atoms with Gasteiger partial charge in [-0.2, -0.15) is 0 Å². The molecule has 50 valence electrons. The predicted octanol–water partition coefficient (Wildman–Crippen LogP) is -6.54. The van der Waals surface area contributed by atoms with E-state index in [1.54, 1.807) is 0 Å². The van der Waals surface area contributed by atoms with Crippen LogP contribution in [-0.2, 0) is 0 Å². The molecule has 9 heteroatoms. The van der Waals surface area contributed by atoms with Gasteiger partial charge >= 0.3 is 76.3 Å². The van der Waals surface area contributed by atoms with E-state index < -0.39 is 9.05 Å². The molecule has 0 spiro atoms. The first-order chi connectivity index (χ1) is 2.00. The van der Waals surface area contributed by atoms with Gasteiger partial charge in [0.2, 0.25) is 0 Å². The third-order valence-corrected chi connectivity index (χ3v) is 0. The van der Waals surface area contributed by atoms with Crippen LogP contribution in [0.4, 0.5) is 0 Å². The first kappa shape index (κ1) is 29.7. The third-order valence-electron chi connectivity index (χ3n) is 0. The molecule has 0 saturated carbocycles. The van der Waals surface area contributed by atoms with Gasteiger partial charge in [-0.15, -0.1) is 0 Å². The van der Waals surface area contributed by atoms with Gasteiger partial charge in [0.1, 0.15) is 0 Å². The topological polar surface area (TPSA) is 80.9 Å². The molecule has 0 amide bonds. The van der Waals surface area contributed by atoms with Crippen molar-refractivity contribution in [3.05, 3.63) is 0 Å². The van der Waals surface area contributed by atoms with Crippen LogP contribution in [0.1, 0.15) is 0 Å². The van der Waals surface area contributed by atoms with Crippen LogP contribution >= 0.6 is 0 Å². The fourth-order valence-electron chi connectivity index (χ4n) is 0. The quantitative estimate of drug-likeness (QED) is 0.297. The Balaban J connectivity index is -0.0000000133. The molecule has 0 aromatic heterocycles. The standard InChI is InChI=1S/Al.BH3.Ca.Na.H4O4Si.6H/c;;;;1-5(2,3)4;;;;;;/h;1H3;;;1-4H;;;;;;. The van der Waals surface area contributed by atoms with Crippen molar-refractivity contribution < 1.29 is 19.2 Å². The Morgan fingerprint density at radius 2 is 0.889 bits per heavy atom. The zero-order chi connectivity index (χ0) is 4.50. The van der Waals surface area contributed by atoms with Gasteiger partial charge in [0, 0.05) is 0 Å². The first-order valence-corrected chi connectivity index (χ1v) is 2.68. The van der Waals surface area contributed by atoms with Gasteiger partial charge in [0.05, 0.1) is 8.41 Å². The Hall–Kier alpha value is 2.91.